The van der Waals surface area contributed by atoms with Gasteiger partial charge in [0.1, 0.15) is 11.4 Å². The second-order valence-electron chi connectivity index (χ2n) is 11.0. The minimum Gasteiger partial charge on any atom is -0.444 e. The van der Waals surface area contributed by atoms with E-state index in [0.29, 0.717) is 35.5 Å². The summed E-state index contributed by atoms with van der Waals surface area (Å²) < 4.78 is 46.7. The molecule has 11 heteroatoms. The van der Waals surface area contributed by atoms with Crippen LogP contribution in [0.5, 0.6) is 0 Å². The Bertz CT molecular complexity index is 1340. The van der Waals surface area contributed by atoms with Crippen molar-refractivity contribution in [1.29, 1.82) is 0 Å². The van der Waals surface area contributed by atoms with Gasteiger partial charge in [0.2, 0.25) is 0 Å². The lowest BCUT2D eigenvalue weighted by Gasteiger charge is -2.38. The van der Waals surface area contributed by atoms with E-state index in [4.69, 9.17) is 4.74 Å². The van der Waals surface area contributed by atoms with Crippen LogP contribution >= 0.6 is 0 Å². The average Bonchev–Trinajstić information content (AvgIpc) is 2.88. The second-order valence-corrected chi connectivity index (χ2v) is 11.0. The Labute approximate surface area is 226 Å². The fourth-order valence-corrected chi connectivity index (χ4v) is 4.78. The molecule has 1 aromatic carbocycles. The molecule has 1 saturated heterocycles. The number of amides is 1. The van der Waals surface area contributed by atoms with Crippen molar-refractivity contribution >= 4 is 28.5 Å². The Kier molecular flexibility index (Phi) is 8.17. The van der Waals surface area contributed by atoms with Crippen molar-refractivity contribution in [2.24, 2.45) is 0 Å². The Morgan fingerprint density at radius 3 is 2.49 bits per heavy atom. The molecular weight excluding hydrogens is 509 g/mol. The fourth-order valence-electron chi connectivity index (χ4n) is 4.78. The summed E-state index contributed by atoms with van der Waals surface area (Å²) in [5.74, 6) is -0.547. The van der Waals surface area contributed by atoms with E-state index in [-0.39, 0.29) is 17.7 Å². The number of nitrogens with one attached hydrogen (secondary N) is 1. The zero-order valence-electron chi connectivity index (χ0n) is 23.1. The largest absolute Gasteiger partial charge is 0.444 e. The third-order valence-electron chi connectivity index (χ3n) is 6.94. The van der Waals surface area contributed by atoms with E-state index in [1.54, 1.807) is 32.0 Å². The van der Waals surface area contributed by atoms with Gasteiger partial charge in [-0.1, -0.05) is 18.2 Å². The molecule has 1 amide bonds. The molecule has 39 heavy (non-hydrogen) atoms. The zero-order valence-corrected chi connectivity index (χ0v) is 23.1. The van der Waals surface area contributed by atoms with Crippen LogP contribution in [0.2, 0.25) is 0 Å². The number of rotatable bonds is 6. The molecule has 3 heterocycles. The van der Waals surface area contributed by atoms with E-state index in [1.165, 1.54) is 12.1 Å². The van der Waals surface area contributed by atoms with Gasteiger partial charge in [-0.3, -0.25) is 4.98 Å². The number of benzene rings is 1. The molecule has 1 aliphatic rings. The van der Waals surface area contributed by atoms with E-state index in [0.717, 1.165) is 24.6 Å². The maximum Gasteiger partial charge on any atom is 0.410 e. The highest BCUT2D eigenvalue weighted by molar-refractivity contribution is 5.92. The van der Waals surface area contributed by atoms with Crippen molar-refractivity contribution in [3.8, 4) is 0 Å². The van der Waals surface area contributed by atoms with Crippen LogP contribution in [0.25, 0.3) is 10.9 Å². The molecule has 1 N–H and O–H groups in total. The van der Waals surface area contributed by atoms with Crippen LogP contribution in [0.4, 0.5) is 29.5 Å². The lowest BCUT2D eigenvalue weighted by molar-refractivity contribution is 0.0201. The van der Waals surface area contributed by atoms with Gasteiger partial charge in [0.15, 0.2) is 5.82 Å². The molecule has 2 aromatic heterocycles. The van der Waals surface area contributed by atoms with Crippen LogP contribution in [-0.2, 0) is 4.74 Å². The Hall–Kier alpha value is -3.63. The summed E-state index contributed by atoms with van der Waals surface area (Å²) in [6.45, 7) is 10.5. The van der Waals surface area contributed by atoms with E-state index in [1.807, 2.05) is 26.8 Å². The van der Waals surface area contributed by atoms with Gasteiger partial charge >= 0.3 is 6.09 Å². The predicted molar refractivity (Wildman–Crippen MR) is 145 cm³/mol. The van der Waals surface area contributed by atoms with Gasteiger partial charge in [-0.25, -0.2) is 18.0 Å². The van der Waals surface area contributed by atoms with Gasteiger partial charge in [-0.2, -0.15) is 5.10 Å². The first kappa shape index (κ1) is 28.4. The number of carbonyl (C=O) groups excluding carboxylic acids is 1. The van der Waals surface area contributed by atoms with Crippen LogP contribution in [0, 0.1) is 12.7 Å². The van der Waals surface area contributed by atoms with Gasteiger partial charge < -0.3 is 19.9 Å². The molecular formula is C28H35F3N6O2. The van der Waals surface area contributed by atoms with Crippen molar-refractivity contribution < 1.29 is 22.7 Å². The predicted octanol–water partition coefficient (Wildman–Crippen LogP) is 6.42. The SMILES string of the molecule is Cc1nnc(N[C@H](C)c2cccc(C(F)F)c2F)c2cc(N3CCC(N(C)C(=O)OC(C)(C)C)CC3)cnc12. The first-order chi connectivity index (χ1) is 18.4. The molecule has 210 valence electrons. The lowest BCUT2D eigenvalue weighted by atomic mass is 10.0. The number of alkyl halides is 2. The monoisotopic (exact) mass is 544 g/mol. The molecule has 1 atom stereocenters. The minimum atomic E-state index is -2.91. The Balaban J connectivity index is 1.53. The van der Waals surface area contributed by atoms with Gasteiger partial charge in [0.05, 0.1) is 34.7 Å². The number of hydrogen-bond donors (Lipinski definition) is 1. The number of halogens is 3. The van der Waals surface area contributed by atoms with Crippen molar-refractivity contribution in [1.82, 2.24) is 20.1 Å². The summed E-state index contributed by atoms with van der Waals surface area (Å²) >= 11 is 0. The second kappa shape index (κ2) is 11.2. The average molecular weight is 545 g/mol. The first-order valence-electron chi connectivity index (χ1n) is 13.0. The molecule has 0 saturated carbocycles. The van der Waals surface area contributed by atoms with Crippen LogP contribution < -0.4 is 10.2 Å². The number of fused-ring (bicyclic) bond motifs is 1. The molecule has 0 aliphatic carbocycles. The Morgan fingerprint density at radius 2 is 1.85 bits per heavy atom. The quantitative estimate of drug-likeness (QED) is 0.383. The van der Waals surface area contributed by atoms with Crippen molar-refractivity contribution in [3.63, 3.8) is 0 Å². The normalized spacial score (nSPS) is 15.5. The maximum atomic E-state index is 14.8. The van der Waals surface area contributed by atoms with Gasteiger partial charge in [-0.15, -0.1) is 5.10 Å². The highest BCUT2D eigenvalue weighted by Gasteiger charge is 2.29. The van der Waals surface area contributed by atoms with E-state index >= 15 is 0 Å². The summed E-state index contributed by atoms with van der Waals surface area (Å²) in [5.41, 5.74) is 1.09. The van der Waals surface area contributed by atoms with Crippen LogP contribution in [0.1, 0.15) is 69.8 Å². The van der Waals surface area contributed by atoms with Crippen LogP contribution in [0.15, 0.2) is 30.5 Å². The summed E-state index contributed by atoms with van der Waals surface area (Å²) in [7, 11) is 1.77. The van der Waals surface area contributed by atoms with Crippen LogP contribution in [-0.4, -0.2) is 58.0 Å². The number of aryl methyl sites for hydroxylation is 1. The Morgan fingerprint density at radius 1 is 1.18 bits per heavy atom. The lowest BCUT2D eigenvalue weighted by Crippen LogP contribution is -2.47. The minimum absolute atomic E-state index is 0.0644. The third kappa shape index (κ3) is 6.34. The molecule has 0 bridgehead atoms. The summed E-state index contributed by atoms with van der Waals surface area (Å²) in [5, 5.41) is 12.3. The number of hydrogen-bond acceptors (Lipinski definition) is 7. The van der Waals surface area contributed by atoms with Gasteiger partial charge in [-0.05, 0) is 53.5 Å². The van der Waals surface area contributed by atoms with E-state index in [2.05, 4.69) is 25.4 Å². The third-order valence-corrected chi connectivity index (χ3v) is 6.94. The summed E-state index contributed by atoms with van der Waals surface area (Å²) in [4.78, 5) is 21.0. The fraction of sp³-hybridized carbons (Fsp3) is 0.500. The van der Waals surface area contributed by atoms with Gasteiger partial charge in [0.25, 0.3) is 6.43 Å². The number of piperidine rings is 1. The molecule has 0 unspecified atom stereocenters. The summed E-state index contributed by atoms with van der Waals surface area (Å²) in [6.07, 6.45) is 0.0836. The van der Waals surface area contributed by atoms with E-state index in [9.17, 15) is 18.0 Å². The topological polar surface area (TPSA) is 83.5 Å². The molecule has 3 aromatic rings. The van der Waals surface area contributed by atoms with Crippen LogP contribution in [0.3, 0.4) is 0 Å². The first-order valence-corrected chi connectivity index (χ1v) is 13.0. The molecule has 4 rings (SSSR count). The molecule has 0 spiro atoms. The highest BCUT2D eigenvalue weighted by atomic mass is 19.3. The number of ether oxygens (including phenoxy) is 1. The van der Waals surface area contributed by atoms with Gasteiger partial charge in [0, 0.05) is 37.1 Å². The van der Waals surface area contributed by atoms with E-state index < -0.39 is 29.4 Å². The smallest absolute Gasteiger partial charge is 0.410 e. The molecule has 1 fully saturated rings. The van der Waals surface area contributed by atoms with Crippen molar-refractivity contribution in [2.75, 3.05) is 30.4 Å². The summed E-state index contributed by atoms with van der Waals surface area (Å²) in [6, 6.07) is 5.36. The number of aromatic nitrogens is 3. The highest BCUT2D eigenvalue weighted by Crippen LogP contribution is 2.32. The number of nitrogens with zero attached hydrogens (tertiary/aromatic N) is 5. The number of carbonyl (C=O) groups is 1. The zero-order chi connectivity index (χ0) is 28.5. The number of anilines is 2. The number of pyridine rings is 1. The van der Waals surface area contributed by atoms with Crippen molar-refractivity contribution in [2.45, 2.75) is 71.6 Å². The molecule has 1 aliphatic heterocycles. The van der Waals surface area contributed by atoms with Crippen molar-refractivity contribution in [3.05, 3.63) is 53.1 Å². The maximum absolute atomic E-state index is 14.8. The standard InChI is InChI=1S/C28H35F3N6O2/c1-16(20-8-7-9-21(23(20)29)25(30)31)33-26-22-14-19(15-32-24(22)17(2)34-35-26)37-12-10-18(11-13-37)36(6)27(38)39-28(3,4)5/h7-9,14-16,18,25H,10-13H2,1-6H3,(H,33,35)/t16-/m1/s1. The molecule has 0 radical (unpaired) electrons. The molecule has 8 nitrogen and oxygen atoms in total.